The first-order chi connectivity index (χ1) is 14.5. The molecule has 1 saturated heterocycles. The van der Waals surface area contributed by atoms with Gasteiger partial charge in [-0.1, -0.05) is 12.1 Å². The molecule has 1 N–H and O–H groups in total. The van der Waals surface area contributed by atoms with Crippen LogP contribution in [0.2, 0.25) is 0 Å². The molecule has 0 spiro atoms. The van der Waals surface area contributed by atoms with Crippen LogP contribution in [-0.4, -0.2) is 55.9 Å². The van der Waals surface area contributed by atoms with Crippen molar-refractivity contribution >= 4 is 17.7 Å². The van der Waals surface area contributed by atoms with E-state index in [-0.39, 0.29) is 24.1 Å². The first-order valence-corrected chi connectivity index (χ1v) is 9.57. The Hall–Kier alpha value is -3.82. The second kappa shape index (κ2) is 6.90. The van der Waals surface area contributed by atoms with Crippen molar-refractivity contribution in [3.05, 3.63) is 42.1 Å². The number of benzene rings is 1. The van der Waals surface area contributed by atoms with Gasteiger partial charge in [0.25, 0.3) is 0 Å². The topological polar surface area (TPSA) is 115 Å². The quantitative estimate of drug-likeness (QED) is 0.696. The molecule has 2 aliphatic heterocycles. The maximum absolute atomic E-state index is 12.4. The summed E-state index contributed by atoms with van der Waals surface area (Å²) in [5.41, 5.74) is 4.59. The molecule has 0 saturated carbocycles. The van der Waals surface area contributed by atoms with E-state index in [2.05, 4.69) is 31.9 Å². The highest BCUT2D eigenvalue weighted by Crippen LogP contribution is 2.40. The molecule has 2 atom stereocenters. The van der Waals surface area contributed by atoms with Crippen LogP contribution in [0, 0.1) is 0 Å². The third kappa shape index (κ3) is 2.97. The molecule has 0 aliphatic carbocycles. The van der Waals surface area contributed by atoms with Crippen LogP contribution in [0.25, 0.3) is 22.6 Å². The third-order valence-corrected chi connectivity index (χ3v) is 5.48. The molecule has 1 aromatic carbocycles. The number of amides is 2. The molecule has 10 nitrogen and oxygen atoms in total. The van der Waals surface area contributed by atoms with Crippen molar-refractivity contribution in [2.24, 2.45) is 7.05 Å². The van der Waals surface area contributed by atoms with Crippen LogP contribution in [0.4, 0.5) is 10.5 Å². The summed E-state index contributed by atoms with van der Waals surface area (Å²) in [5.74, 6) is 0.454. The lowest BCUT2D eigenvalue weighted by atomic mass is 10.0. The number of hydrogen-bond acceptors (Lipinski definition) is 7. The van der Waals surface area contributed by atoms with Crippen LogP contribution < -0.4 is 10.2 Å². The molecule has 4 heterocycles. The molecule has 0 radical (unpaired) electrons. The number of aromatic nitrogens is 5. The van der Waals surface area contributed by atoms with Crippen molar-refractivity contribution in [3.63, 3.8) is 0 Å². The van der Waals surface area contributed by atoms with E-state index >= 15 is 0 Å². The number of carbonyl (C=O) groups is 2. The molecule has 2 aromatic heterocycles. The van der Waals surface area contributed by atoms with Gasteiger partial charge in [0.05, 0.1) is 18.3 Å². The maximum atomic E-state index is 12.4. The first kappa shape index (κ1) is 18.2. The number of tetrazole rings is 1. The second-order valence-corrected chi connectivity index (χ2v) is 7.40. The number of rotatable bonds is 4. The summed E-state index contributed by atoms with van der Waals surface area (Å²) in [7, 11) is 1.77. The van der Waals surface area contributed by atoms with Crippen molar-refractivity contribution in [2.45, 2.75) is 25.5 Å². The number of hydrogen-bond donors (Lipinski definition) is 1. The molecular formula is C20H19N7O3. The van der Waals surface area contributed by atoms with E-state index in [1.807, 2.05) is 24.3 Å². The Morgan fingerprint density at radius 2 is 2.10 bits per heavy atom. The van der Waals surface area contributed by atoms with Gasteiger partial charge in [0.15, 0.2) is 5.82 Å². The van der Waals surface area contributed by atoms with Gasteiger partial charge in [-0.25, -0.2) is 9.48 Å². The molecule has 0 bridgehead atoms. The molecule has 30 heavy (non-hydrogen) atoms. The van der Waals surface area contributed by atoms with Gasteiger partial charge in [-0.2, -0.15) is 0 Å². The number of nitrogens with one attached hydrogen (secondary N) is 1. The number of nitrogens with zero attached hydrogens (tertiary/aromatic N) is 6. The summed E-state index contributed by atoms with van der Waals surface area (Å²) < 4.78 is 7.02. The summed E-state index contributed by atoms with van der Waals surface area (Å²) >= 11 is 0. The largest absolute Gasteiger partial charge is 0.442 e. The molecule has 1 fully saturated rings. The number of carbonyl (C=O) groups excluding carboxylic acids is 2. The van der Waals surface area contributed by atoms with Crippen molar-refractivity contribution in [1.82, 2.24) is 30.5 Å². The van der Waals surface area contributed by atoms with E-state index in [1.54, 1.807) is 22.8 Å². The summed E-state index contributed by atoms with van der Waals surface area (Å²) in [6.45, 7) is 1.76. The van der Waals surface area contributed by atoms with Crippen LogP contribution in [0.5, 0.6) is 0 Å². The van der Waals surface area contributed by atoms with Gasteiger partial charge in [-0.15, -0.1) is 5.10 Å². The summed E-state index contributed by atoms with van der Waals surface area (Å²) in [6.07, 6.45) is 1.73. The fraction of sp³-hybridized carbons (Fsp3) is 0.300. The monoisotopic (exact) mass is 405 g/mol. The molecule has 3 aromatic rings. The molecule has 5 rings (SSSR count). The fourth-order valence-corrected chi connectivity index (χ4v) is 4.02. The number of ether oxygens (including phenoxy) is 1. The highest BCUT2D eigenvalue weighted by molar-refractivity contribution is 5.94. The number of pyridine rings is 1. The average molecular weight is 405 g/mol. The molecule has 2 amide bonds. The smallest absolute Gasteiger partial charge is 0.415 e. The minimum Gasteiger partial charge on any atom is -0.442 e. The van der Waals surface area contributed by atoms with Crippen LogP contribution in [0.1, 0.15) is 12.5 Å². The van der Waals surface area contributed by atoms with Crippen LogP contribution in [0.3, 0.4) is 0 Å². The number of aryl methyl sites for hydroxylation is 1. The Bertz CT molecular complexity index is 1140. The fourth-order valence-electron chi connectivity index (χ4n) is 4.02. The van der Waals surface area contributed by atoms with E-state index < -0.39 is 0 Å². The minimum absolute atomic E-state index is 0.112. The zero-order chi connectivity index (χ0) is 20.8. The zero-order valence-corrected chi connectivity index (χ0v) is 16.4. The Kier molecular flexibility index (Phi) is 4.19. The SMILES string of the molecule is CC(=O)NC[C@@H]1OC(=O)N2c3ccc(-c4ccc(-c5nnnn5C)nc4)cc3CC12. The summed E-state index contributed by atoms with van der Waals surface area (Å²) in [5, 5.41) is 14.2. The van der Waals surface area contributed by atoms with Gasteiger partial charge in [0.1, 0.15) is 11.8 Å². The highest BCUT2D eigenvalue weighted by Gasteiger charge is 2.47. The van der Waals surface area contributed by atoms with E-state index in [0.717, 1.165) is 22.4 Å². The predicted octanol–water partition coefficient (Wildman–Crippen LogP) is 1.33. The lowest BCUT2D eigenvalue weighted by Crippen LogP contribution is -2.40. The predicted molar refractivity (Wildman–Crippen MR) is 106 cm³/mol. The molecule has 10 heteroatoms. The normalized spacial score (nSPS) is 19.4. The zero-order valence-electron chi connectivity index (χ0n) is 16.4. The molecular weight excluding hydrogens is 386 g/mol. The van der Waals surface area contributed by atoms with Crippen molar-refractivity contribution < 1.29 is 14.3 Å². The summed E-state index contributed by atoms with van der Waals surface area (Å²) in [6, 6.07) is 9.73. The highest BCUT2D eigenvalue weighted by atomic mass is 16.6. The molecule has 152 valence electrons. The van der Waals surface area contributed by atoms with Crippen molar-refractivity contribution in [3.8, 4) is 22.6 Å². The average Bonchev–Trinajstić information content (AvgIpc) is 3.41. The number of fused-ring (bicyclic) bond motifs is 3. The van der Waals surface area contributed by atoms with E-state index in [1.165, 1.54) is 6.92 Å². The maximum Gasteiger partial charge on any atom is 0.415 e. The van der Waals surface area contributed by atoms with Crippen molar-refractivity contribution in [1.29, 1.82) is 0 Å². The first-order valence-electron chi connectivity index (χ1n) is 9.57. The number of cyclic esters (lactones) is 1. The van der Waals surface area contributed by atoms with Gasteiger partial charge in [0.2, 0.25) is 5.91 Å². The number of anilines is 1. The standard InChI is InChI=1S/C20H19N7O3/c1-11(28)21-10-18-17-8-14-7-12(4-6-16(14)27(17)20(29)30-18)13-3-5-15(22-9-13)19-23-24-25-26(19)2/h3-7,9,17-18H,8,10H2,1-2H3,(H,21,28)/t17?,18-/m0/s1. The van der Waals surface area contributed by atoms with Gasteiger partial charge in [-0.05, 0) is 46.2 Å². The summed E-state index contributed by atoms with van der Waals surface area (Å²) in [4.78, 5) is 29.8. The van der Waals surface area contributed by atoms with Gasteiger partial charge < -0.3 is 10.1 Å². The van der Waals surface area contributed by atoms with Crippen LogP contribution >= 0.6 is 0 Å². The minimum atomic E-state index is -0.370. The Morgan fingerprint density at radius 3 is 2.80 bits per heavy atom. The van der Waals surface area contributed by atoms with Gasteiger partial charge in [-0.3, -0.25) is 14.7 Å². The van der Waals surface area contributed by atoms with Gasteiger partial charge in [0, 0.05) is 25.7 Å². The molecule has 2 aliphatic rings. The van der Waals surface area contributed by atoms with Crippen molar-refractivity contribution in [2.75, 3.05) is 11.4 Å². The van der Waals surface area contributed by atoms with E-state index in [0.29, 0.717) is 24.5 Å². The van der Waals surface area contributed by atoms with E-state index in [4.69, 9.17) is 4.74 Å². The lowest BCUT2D eigenvalue weighted by molar-refractivity contribution is -0.119. The molecule has 1 unspecified atom stereocenters. The Morgan fingerprint density at radius 1 is 1.27 bits per heavy atom. The Balaban J connectivity index is 1.39. The van der Waals surface area contributed by atoms with Crippen LogP contribution in [-0.2, 0) is 23.0 Å². The van der Waals surface area contributed by atoms with E-state index in [9.17, 15) is 9.59 Å². The lowest BCUT2D eigenvalue weighted by Gasteiger charge is -2.16. The van der Waals surface area contributed by atoms with Crippen LogP contribution in [0.15, 0.2) is 36.5 Å². The van der Waals surface area contributed by atoms with Gasteiger partial charge >= 0.3 is 6.09 Å². The Labute approximate surface area is 171 Å². The second-order valence-electron chi connectivity index (χ2n) is 7.40. The third-order valence-electron chi connectivity index (χ3n) is 5.48.